The lowest BCUT2D eigenvalue weighted by atomic mass is 10.1. The van der Waals surface area contributed by atoms with E-state index in [1.54, 1.807) is 11.0 Å². The highest BCUT2D eigenvalue weighted by Gasteiger charge is 2.23. The highest BCUT2D eigenvalue weighted by atomic mass is 35.5. The van der Waals surface area contributed by atoms with Gasteiger partial charge in [0.05, 0.1) is 29.7 Å². The Morgan fingerprint density at radius 2 is 2.12 bits per heavy atom. The van der Waals surface area contributed by atoms with Crippen molar-refractivity contribution in [2.75, 3.05) is 26.8 Å². The number of amides is 1. The number of nitrogens with zero attached hydrogens (tertiary/aromatic N) is 1. The second-order valence-electron chi connectivity index (χ2n) is 6.01. The Morgan fingerprint density at radius 1 is 1.32 bits per heavy atom. The molecule has 1 fully saturated rings. The lowest BCUT2D eigenvalue weighted by Crippen LogP contribution is -2.39. The molecule has 0 aromatic heterocycles. The summed E-state index contributed by atoms with van der Waals surface area (Å²) in [5.41, 5.74) is 0.840. The number of halogens is 2. The molecule has 1 aromatic carbocycles. The first-order valence-electron chi connectivity index (χ1n) is 8.40. The van der Waals surface area contributed by atoms with Crippen LogP contribution in [0.15, 0.2) is 18.2 Å². The summed E-state index contributed by atoms with van der Waals surface area (Å²) in [5, 5.41) is 0.964. The van der Waals surface area contributed by atoms with Gasteiger partial charge in [-0.05, 0) is 30.9 Å². The fraction of sp³-hybridized carbons (Fsp3) is 0.556. The average molecular weight is 388 g/mol. The quantitative estimate of drug-likeness (QED) is 0.640. The molecule has 5 nitrogen and oxygen atoms in total. The molecule has 7 heteroatoms. The number of rotatable bonds is 8. The molecule has 0 N–H and O–H groups in total. The molecule has 2 rings (SSSR count). The maximum absolute atomic E-state index is 12.6. The molecule has 0 radical (unpaired) electrons. The van der Waals surface area contributed by atoms with E-state index >= 15 is 0 Å². The third-order valence-corrected chi connectivity index (χ3v) is 5.11. The molecular weight excluding hydrogens is 365 g/mol. The topological polar surface area (TPSA) is 55.8 Å². The van der Waals surface area contributed by atoms with E-state index in [0.717, 1.165) is 25.0 Å². The molecule has 1 aliphatic rings. The Labute approximate surface area is 158 Å². The van der Waals surface area contributed by atoms with Gasteiger partial charge in [0, 0.05) is 26.1 Å². The number of hydrogen-bond donors (Lipinski definition) is 0. The Bertz CT molecular complexity index is 603. The monoisotopic (exact) mass is 387 g/mol. The van der Waals surface area contributed by atoms with Crippen LogP contribution in [0.5, 0.6) is 0 Å². The van der Waals surface area contributed by atoms with E-state index in [1.165, 1.54) is 7.11 Å². The molecule has 25 heavy (non-hydrogen) atoms. The number of ether oxygens (including phenoxy) is 2. The maximum Gasteiger partial charge on any atom is 0.307 e. The summed E-state index contributed by atoms with van der Waals surface area (Å²) in [4.78, 5) is 25.7. The van der Waals surface area contributed by atoms with Gasteiger partial charge in [-0.3, -0.25) is 9.59 Å². The predicted molar refractivity (Wildman–Crippen MR) is 97.0 cm³/mol. The van der Waals surface area contributed by atoms with Crippen molar-refractivity contribution < 1.29 is 19.1 Å². The van der Waals surface area contributed by atoms with Crippen LogP contribution in [0.1, 0.15) is 31.2 Å². The van der Waals surface area contributed by atoms with Crippen LogP contribution in [0.4, 0.5) is 0 Å². The highest BCUT2D eigenvalue weighted by molar-refractivity contribution is 6.42. The van der Waals surface area contributed by atoms with Gasteiger partial charge in [-0.15, -0.1) is 0 Å². The summed E-state index contributed by atoms with van der Waals surface area (Å²) in [6, 6.07) is 5.39. The molecule has 0 aliphatic carbocycles. The van der Waals surface area contributed by atoms with E-state index in [4.69, 9.17) is 27.9 Å². The fourth-order valence-corrected chi connectivity index (χ4v) is 3.24. The minimum atomic E-state index is -0.331. The van der Waals surface area contributed by atoms with Crippen molar-refractivity contribution in [3.63, 3.8) is 0 Å². The first-order chi connectivity index (χ1) is 12.0. The van der Waals surface area contributed by atoms with Gasteiger partial charge in [-0.25, -0.2) is 0 Å². The van der Waals surface area contributed by atoms with Crippen LogP contribution in [0.3, 0.4) is 0 Å². The number of benzene rings is 1. The standard InChI is InChI=1S/C18H23Cl2NO4/c1-24-17(23)9-10-21(12-14-5-3-11-25-14)16(22)8-7-13-4-2-6-15(19)18(13)20/h2,4,6,14H,3,5,7-12H2,1H3. The van der Waals surface area contributed by atoms with Crippen LogP contribution in [-0.4, -0.2) is 49.7 Å². The SMILES string of the molecule is COC(=O)CCN(CC1CCCO1)C(=O)CCc1cccc(Cl)c1Cl. The highest BCUT2D eigenvalue weighted by Crippen LogP contribution is 2.26. The number of esters is 1. The molecule has 1 aromatic rings. The van der Waals surface area contributed by atoms with E-state index in [9.17, 15) is 9.59 Å². The lowest BCUT2D eigenvalue weighted by molar-refractivity contribution is -0.142. The van der Waals surface area contributed by atoms with Crippen LogP contribution < -0.4 is 0 Å². The summed E-state index contributed by atoms with van der Waals surface area (Å²) < 4.78 is 10.3. The zero-order valence-electron chi connectivity index (χ0n) is 14.3. The summed E-state index contributed by atoms with van der Waals surface area (Å²) in [5.74, 6) is -0.363. The summed E-state index contributed by atoms with van der Waals surface area (Å²) >= 11 is 12.2. The number of hydrogen-bond acceptors (Lipinski definition) is 4. The van der Waals surface area contributed by atoms with Crippen LogP contribution in [0.2, 0.25) is 10.0 Å². The number of carbonyl (C=O) groups is 2. The molecule has 1 atom stereocenters. The van der Waals surface area contributed by atoms with Crippen molar-refractivity contribution in [3.8, 4) is 0 Å². The molecule has 1 aliphatic heterocycles. The first-order valence-corrected chi connectivity index (χ1v) is 9.16. The predicted octanol–water partition coefficient (Wildman–Crippen LogP) is 3.50. The van der Waals surface area contributed by atoms with Gasteiger partial charge >= 0.3 is 5.97 Å². The van der Waals surface area contributed by atoms with Crippen LogP contribution in [0, 0.1) is 0 Å². The molecule has 1 saturated heterocycles. The Balaban J connectivity index is 1.95. The van der Waals surface area contributed by atoms with Crippen molar-refractivity contribution >= 4 is 35.1 Å². The van der Waals surface area contributed by atoms with Crippen molar-refractivity contribution in [1.29, 1.82) is 0 Å². The molecule has 1 unspecified atom stereocenters. The van der Waals surface area contributed by atoms with Crippen molar-refractivity contribution in [2.24, 2.45) is 0 Å². The Hall–Kier alpha value is -1.30. The minimum absolute atomic E-state index is 0.0320. The molecule has 138 valence electrons. The van der Waals surface area contributed by atoms with E-state index in [1.807, 2.05) is 12.1 Å². The Kier molecular flexibility index (Phi) is 8.00. The number of carbonyl (C=O) groups excluding carboxylic acids is 2. The van der Waals surface area contributed by atoms with Gasteiger partial charge < -0.3 is 14.4 Å². The molecule has 1 amide bonds. The number of methoxy groups -OCH3 is 1. The Morgan fingerprint density at radius 3 is 2.80 bits per heavy atom. The van der Waals surface area contributed by atoms with E-state index < -0.39 is 0 Å². The van der Waals surface area contributed by atoms with Crippen molar-refractivity contribution in [1.82, 2.24) is 4.90 Å². The van der Waals surface area contributed by atoms with E-state index in [-0.39, 0.29) is 24.4 Å². The van der Waals surface area contributed by atoms with Gasteiger partial charge in [-0.2, -0.15) is 0 Å². The van der Waals surface area contributed by atoms with Crippen molar-refractivity contribution in [3.05, 3.63) is 33.8 Å². The fourth-order valence-electron chi connectivity index (χ4n) is 2.82. The molecule has 0 bridgehead atoms. The second-order valence-corrected chi connectivity index (χ2v) is 6.80. The molecule has 1 heterocycles. The lowest BCUT2D eigenvalue weighted by Gasteiger charge is -2.25. The van der Waals surface area contributed by atoms with Gasteiger partial charge in [0.25, 0.3) is 0 Å². The van der Waals surface area contributed by atoms with Crippen LogP contribution >= 0.6 is 23.2 Å². The third-order valence-electron chi connectivity index (χ3n) is 4.25. The first kappa shape index (κ1) is 20.0. The van der Waals surface area contributed by atoms with Gasteiger partial charge in [-0.1, -0.05) is 35.3 Å². The smallest absolute Gasteiger partial charge is 0.307 e. The van der Waals surface area contributed by atoms with Gasteiger partial charge in [0.1, 0.15) is 0 Å². The second kappa shape index (κ2) is 10.00. The summed E-state index contributed by atoms with van der Waals surface area (Å²) in [6.07, 6.45) is 2.94. The third kappa shape index (κ3) is 6.17. The maximum atomic E-state index is 12.6. The molecular formula is C18H23Cl2NO4. The average Bonchev–Trinajstić information content (AvgIpc) is 3.12. The zero-order valence-corrected chi connectivity index (χ0v) is 15.8. The number of aryl methyl sites for hydroxylation is 1. The van der Waals surface area contributed by atoms with Crippen molar-refractivity contribution in [2.45, 2.75) is 38.2 Å². The summed E-state index contributed by atoms with van der Waals surface area (Å²) in [7, 11) is 1.34. The minimum Gasteiger partial charge on any atom is -0.469 e. The van der Waals surface area contributed by atoms with E-state index in [0.29, 0.717) is 36.0 Å². The normalized spacial score (nSPS) is 16.7. The van der Waals surface area contributed by atoms with Gasteiger partial charge in [0.2, 0.25) is 5.91 Å². The van der Waals surface area contributed by atoms with Crippen LogP contribution in [0.25, 0.3) is 0 Å². The molecule has 0 saturated carbocycles. The largest absolute Gasteiger partial charge is 0.469 e. The van der Waals surface area contributed by atoms with Gasteiger partial charge in [0.15, 0.2) is 0 Å². The molecule has 0 spiro atoms. The van der Waals surface area contributed by atoms with Crippen LogP contribution in [-0.2, 0) is 25.5 Å². The summed E-state index contributed by atoms with van der Waals surface area (Å²) in [6.45, 7) is 1.55. The zero-order chi connectivity index (χ0) is 18.2. The van der Waals surface area contributed by atoms with E-state index in [2.05, 4.69) is 4.74 Å².